The minimum atomic E-state index is -0.204. The van der Waals surface area contributed by atoms with Gasteiger partial charge >= 0.3 is 0 Å². The Morgan fingerprint density at radius 3 is 2.58 bits per heavy atom. The molecule has 176 valence electrons. The van der Waals surface area contributed by atoms with E-state index in [-0.39, 0.29) is 17.6 Å². The second-order valence-electron chi connectivity index (χ2n) is 8.55. The molecule has 0 aliphatic carbocycles. The van der Waals surface area contributed by atoms with Crippen molar-refractivity contribution in [1.29, 1.82) is 5.41 Å². The summed E-state index contributed by atoms with van der Waals surface area (Å²) in [6.07, 6.45) is 10.4. The van der Waals surface area contributed by atoms with Crippen molar-refractivity contribution < 1.29 is 4.39 Å². The van der Waals surface area contributed by atoms with Crippen LogP contribution in [0, 0.1) is 18.2 Å². The average molecular weight is 449 g/mol. The van der Waals surface area contributed by atoms with Crippen molar-refractivity contribution in [3.05, 3.63) is 83.2 Å². The summed E-state index contributed by atoms with van der Waals surface area (Å²) in [5.41, 5.74) is 5.03. The maximum absolute atomic E-state index is 14.2. The number of halogens is 1. The van der Waals surface area contributed by atoms with E-state index < -0.39 is 0 Å². The maximum Gasteiger partial charge on any atom is 0.170 e. The maximum atomic E-state index is 14.2. The fourth-order valence-electron chi connectivity index (χ4n) is 3.63. The first-order valence-corrected chi connectivity index (χ1v) is 11.8. The number of aryl methyl sites for hydroxylation is 2. The average Bonchev–Trinajstić information content (AvgIpc) is 2.80. The van der Waals surface area contributed by atoms with Crippen molar-refractivity contribution in [3.63, 3.8) is 0 Å². The first-order chi connectivity index (χ1) is 15.8. The van der Waals surface area contributed by atoms with E-state index in [1.54, 1.807) is 25.4 Å². The number of amidine groups is 1. The molecule has 1 aromatic carbocycles. The molecule has 0 spiro atoms. The van der Waals surface area contributed by atoms with Crippen LogP contribution in [0.3, 0.4) is 0 Å². The van der Waals surface area contributed by atoms with E-state index in [2.05, 4.69) is 18.5 Å². The lowest BCUT2D eigenvalue weighted by Gasteiger charge is -2.19. The Bertz CT molecular complexity index is 1020. The molecule has 2 aromatic rings. The molecular formula is C28H37FN4. The van der Waals surface area contributed by atoms with E-state index in [4.69, 9.17) is 10.4 Å². The van der Waals surface area contributed by atoms with Crippen LogP contribution in [0.2, 0.25) is 0 Å². The molecule has 1 heterocycles. The minimum Gasteiger partial charge on any atom is -0.323 e. The third-order valence-corrected chi connectivity index (χ3v) is 5.53. The molecule has 0 aliphatic heterocycles. The number of hydrogen-bond acceptors (Lipinski definition) is 3. The Balaban J connectivity index is 2.30. The first-order valence-electron chi connectivity index (χ1n) is 11.8. The number of aromatic nitrogens is 1. The van der Waals surface area contributed by atoms with Crippen molar-refractivity contribution in [2.24, 2.45) is 4.99 Å². The van der Waals surface area contributed by atoms with Gasteiger partial charge in [0.2, 0.25) is 0 Å². The van der Waals surface area contributed by atoms with Gasteiger partial charge in [0, 0.05) is 24.5 Å². The molecule has 0 amide bonds. The zero-order chi connectivity index (χ0) is 24.4. The Morgan fingerprint density at radius 2 is 1.97 bits per heavy atom. The van der Waals surface area contributed by atoms with Crippen molar-refractivity contribution in [2.75, 3.05) is 4.90 Å². The van der Waals surface area contributed by atoms with Gasteiger partial charge in [-0.15, -0.1) is 0 Å². The van der Waals surface area contributed by atoms with Crippen LogP contribution in [-0.4, -0.2) is 17.0 Å². The van der Waals surface area contributed by atoms with E-state index in [1.807, 2.05) is 56.1 Å². The number of rotatable bonds is 11. The number of pyridine rings is 1. The quantitative estimate of drug-likeness (QED) is 0.217. The highest BCUT2D eigenvalue weighted by atomic mass is 19.1. The fourth-order valence-corrected chi connectivity index (χ4v) is 3.63. The zero-order valence-electron chi connectivity index (χ0n) is 20.7. The Kier molecular flexibility index (Phi) is 10.2. The number of unbranched alkanes of at least 4 members (excludes halogenated alkanes) is 2. The highest BCUT2D eigenvalue weighted by Crippen LogP contribution is 2.24. The number of nitrogens with zero attached hydrogens (tertiary/aromatic N) is 3. The number of benzene rings is 1. The van der Waals surface area contributed by atoms with Gasteiger partial charge < -0.3 is 4.90 Å². The Hall–Kier alpha value is -3.08. The number of nitrogens with one attached hydrogen (secondary N) is 1. The number of aliphatic imine (C=N–C) groups is 1. The molecule has 2 rings (SSSR count). The summed E-state index contributed by atoms with van der Waals surface area (Å²) in [5.74, 6) is -0.132. The molecule has 0 saturated carbocycles. The summed E-state index contributed by atoms with van der Waals surface area (Å²) in [5, 5.41) is 8.50. The molecule has 1 unspecified atom stereocenters. The molecule has 4 nitrogen and oxygen atoms in total. The van der Waals surface area contributed by atoms with Gasteiger partial charge in [-0.2, -0.15) is 0 Å². The highest BCUT2D eigenvalue weighted by molar-refractivity contribution is 6.00. The summed E-state index contributed by atoms with van der Waals surface area (Å²) in [7, 11) is 0. The molecule has 0 fully saturated rings. The Labute approximate surface area is 198 Å². The van der Waals surface area contributed by atoms with E-state index in [0.717, 1.165) is 54.6 Å². The fraction of sp³-hybridized carbons (Fsp3) is 0.393. The topological polar surface area (TPSA) is 52.3 Å². The first kappa shape index (κ1) is 26.2. The molecule has 0 aliphatic rings. The van der Waals surface area contributed by atoms with Crippen molar-refractivity contribution in [1.82, 2.24) is 4.98 Å². The zero-order valence-corrected chi connectivity index (χ0v) is 20.7. The van der Waals surface area contributed by atoms with E-state index >= 15 is 0 Å². The minimum absolute atomic E-state index is 0.0363. The van der Waals surface area contributed by atoms with Gasteiger partial charge in [0.25, 0.3) is 0 Å². The van der Waals surface area contributed by atoms with Crippen molar-refractivity contribution in [3.8, 4) is 0 Å². The van der Waals surface area contributed by atoms with Crippen LogP contribution in [0.25, 0.3) is 0 Å². The molecule has 1 N–H and O–H groups in total. The summed E-state index contributed by atoms with van der Waals surface area (Å²) in [4.78, 5) is 11.1. The summed E-state index contributed by atoms with van der Waals surface area (Å²) in [6.45, 7) is 13.9. The van der Waals surface area contributed by atoms with Crippen LogP contribution >= 0.6 is 0 Å². The Morgan fingerprint density at radius 1 is 1.21 bits per heavy atom. The van der Waals surface area contributed by atoms with Gasteiger partial charge in [-0.1, -0.05) is 57.4 Å². The van der Waals surface area contributed by atoms with E-state index in [0.29, 0.717) is 11.3 Å². The predicted octanol–water partition coefficient (Wildman–Crippen LogP) is 7.73. The lowest BCUT2D eigenvalue weighted by molar-refractivity contribution is 0.609. The summed E-state index contributed by atoms with van der Waals surface area (Å²) >= 11 is 0. The SMILES string of the molecule is C=CN(C=C(C)C)c1ccc(C(=N)N=CC(CCCCC)c2ccc(C)c(F)c2)nc1CC. The van der Waals surface area contributed by atoms with Gasteiger partial charge in [-0.25, -0.2) is 14.4 Å². The number of anilines is 1. The number of allylic oxidation sites excluding steroid dienone is 1. The van der Waals surface area contributed by atoms with Crippen molar-refractivity contribution in [2.45, 2.75) is 72.6 Å². The molecular weight excluding hydrogens is 411 g/mol. The summed E-state index contributed by atoms with van der Waals surface area (Å²) < 4.78 is 14.2. The molecule has 5 heteroatoms. The second kappa shape index (κ2) is 12.8. The van der Waals surface area contributed by atoms with Crippen LogP contribution in [0.5, 0.6) is 0 Å². The smallest absolute Gasteiger partial charge is 0.170 e. The van der Waals surface area contributed by atoms with Crippen LogP contribution < -0.4 is 4.90 Å². The molecule has 1 aromatic heterocycles. The lowest BCUT2D eigenvalue weighted by Crippen LogP contribution is -2.13. The van der Waals surface area contributed by atoms with Gasteiger partial charge in [-0.3, -0.25) is 5.41 Å². The third kappa shape index (κ3) is 7.48. The van der Waals surface area contributed by atoms with Crippen LogP contribution in [-0.2, 0) is 6.42 Å². The van der Waals surface area contributed by atoms with Crippen LogP contribution in [0.1, 0.15) is 81.8 Å². The molecule has 0 saturated heterocycles. The van der Waals surface area contributed by atoms with Crippen LogP contribution in [0.15, 0.2) is 59.9 Å². The molecule has 0 radical (unpaired) electrons. The predicted molar refractivity (Wildman–Crippen MR) is 139 cm³/mol. The van der Waals surface area contributed by atoms with Crippen LogP contribution in [0.4, 0.5) is 10.1 Å². The number of hydrogen-bond donors (Lipinski definition) is 1. The van der Waals surface area contributed by atoms with Crippen molar-refractivity contribution >= 4 is 17.7 Å². The third-order valence-electron chi connectivity index (χ3n) is 5.53. The van der Waals surface area contributed by atoms with Gasteiger partial charge in [0.15, 0.2) is 5.84 Å². The summed E-state index contributed by atoms with van der Waals surface area (Å²) in [6, 6.07) is 9.14. The molecule has 33 heavy (non-hydrogen) atoms. The van der Waals surface area contributed by atoms with Gasteiger partial charge in [-0.05, 0) is 62.9 Å². The molecule has 0 bridgehead atoms. The lowest BCUT2D eigenvalue weighted by atomic mass is 9.93. The van der Waals surface area contributed by atoms with Gasteiger partial charge in [0.05, 0.1) is 11.4 Å². The second-order valence-corrected chi connectivity index (χ2v) is 8.55. The monoisotopic (exact) mass is 448 g/mol. The van der Waals surface area contributed by atoms with E-state index in [1.165, 1.54) is 0 Å². The highest BCUT2D eigenvalue weighted by Gasteiger charge is 2.14. The molecule has 1 atom stereocenters. The van der Waals surface area contributed by atoms with E-state index in [9.17, 15) is 4.39 Å². The largest absolute Gasteiger partial charge is 0.323 e. The standard InChI is InChI=1S/C28H37FN4/c1-7-10-11-12-23(22-14-13-21(6)24(29)17-22)18-31-28(30)26-15-16-27(25(8-2)32-26)33(9-3)19-20(4)5/h9,13-19,23,30H,3,7-8,10-12H2,1-2,4-6H3. The normalized spacial score (nSPS) is 11.9. The van der Waals surface area contributed by atoms with Gasteiger partial charge in [0.1, 0.15) is 11.5 Å².